The minimum Gasteiger partial charge on any atom is -0.366 e. The number of primary amides is 1. The van der Waals surface area contributed by atoms with Gasteiger partial charge in [-0.1, -0.05) is 12.1 Å². The van der Waals surface area contributed by atoms with E-state index in [0.717, 1.165) is 5.56 Å². The van der Waals surface area contributed by atoms with Gasteiger partial charge in [0, 0.05) is 24.1 Å². The van der Waals surface area contributed by atoms with Crippen LogP contribution in [0.3, 0.4) is 0 Å². The second-order valence-corrected chi connectivity index (χ2v) is 5.53. The number of nitrogens with zero attached hydrogens (tertiary/aromatic N) is 1. The molecule has 0 unspecified atom stereocenters. The SMILES string of the molecule is CCNC(=O)c1cccnc1SCc1ccc(C(N)=O)cc1. The van der Waals surface area contributed by atoms with Gasteiger partial charge in [-0.15, -0.1) is 11.8 Å². The molecule has 0 fully saturated rings. The molecular weight excluding hydrogens is 298 g/mol. The van der Waals surface area contributed by atoms with Gasteiger partial charge in [-0.3, -0.25) is 9.59 Å². The lowest BCUT2D eigenvalue weighted by atomic mass is 10.1. The number of carbonyl (C=O) groups is 2. The van der Waals surface area contributed by atoms with Gasteiger partial charge in [-0.2, -0.15) is 0 Å². The van der Waals surface area contributed by atoms with Crippen molar-refractivity contribution >= 4 is 23.6 Å². The molecule has 0 spiro atoms. The summed E-state index contributed by atoms with van der Waals surface area (Å²) in [5, 5.41) is 3.46. The summed E-state index contributed by atoms with van der Waals surface area (Å²) in [6.07, 6.45) is 1.67. The van der Waals surface area contributed by atoms with E-state index in [-0.39, 0.29) is 5.91 Å². The molecule has 3 N–H and O–H groups in total. The maximum Gasteiger partial charge on any atom is 0.254 e. The van der Waals surface area contributed by atoms with Crippen molar-refractivity contribution < 1.29 is 9.59 Å². The molecule has 2 rings (SSSR count). The van der Waals surface area contributed by atoms with Gasteiger partial charge in [-0.05, 0) is 36.8 Å². The number of pyridine rings is 1. The molecule has 1 aromatic carbocycles. The first-order valence-electron chi connectivity index (χ1n) is 6.86. The Kier molecular flexibility index (Phi) is 5.55. The van der Waals surface area contributed by atoms with Crippen molar-refractivity contribution in [3.63, 3.8) is 0 Å². The minimum absolute atomic E-state index is 0.123. The molecule has 6 heteroatoms. The van der Waals surface area contributed by atoms with Crippen LogP contribution >= 0.6 is 11.8 Å². The first kappa shape index (κ1) is 16.0. The van der Waals surface area contributed by atoms with Gasteiger partial charge in [0.1, 0.15) is 5.03 Å². The second kappa shape index (κ2) is 7.61. The summed E-state index contributed by atoms with van der Waals surface area (Å²) in [6, 6.07) is 10.6. The molecule has 0 radical (unpaired) electrons. The Balaban J connectivity index is 2.08. The molecular formula is C16H17N3O2S. The number of nitrogens with one attached hydrogen (secondary N) is 1. The average molecular weight is 315 g/mol. The molecule has 2 aromatic rings. The van der Waals surface area contributed by atoms with E-state index in [1.54, 1.807) is 30.5 Å². The lowest BCUT2D eigenvalue weighted by molar-refractivity contribution is 0.0950. The van der Waals surface area contributed by atoms with Crippen LogP contribution in [0.4, 0.5) is 0 Å². The number of hydrogen-bond acceptors (Lipinski definition) is 4. The first-order valence-corrected chi connectivity index (χ1v) is 7.85. The van der Waals surface area contributed by atoms with Crippen LogP contribution in [0.5, 0.6) is 0 Å². The summed E-state index contributed by atoms with van der Waals surface area (Å²) in [5.74, 6) is 0.0901. The summed E-state index contributed by atoms with van der Waals surface area (Å²) >= 11 is 1.48. The van der Waals surface area contributed by atoms with Crippen LogP contribution in [0.15, 0.2) is 47.6 Å². The lowest BCUT2D eigenvalue weighted by Gasteiger charge is -2.08. The first-order chi connectivity index (χ1) is 10.6. The van der Waals surface area contributed by atoms with E-state index in [0.29, 0.717) is 28.5 Å². The van der Waals surface area contributed by atoms with Crippen molar-refractivity contribution in [1.82, 2.24) is 10.3 Å². The van der Waals surface area contributed by atoms with E-state index in [2.05, 4.69) is 10.3 Å². The van der Waals surface area contributed by atoms with Gasteiger partial charge in [0.25, 0.3) is 5.91 Å². The number of aromatic nitrogens is 1. The van der Waals surface area contributed by atoms with Crippen LogP contribution in [0.2, 0.25) is 0 Å². The number of amides is 2. The van der Waals surface area contributed by atoms with Gasteiger partial charge in [0.05, 0.1) is 5.56 Å². The zero-order valence-corrected chi connectivity index (χ0v) is 13.0. The third kappa shape index (κ3) is 4.08. The van der Waals surface area contributed by atoms with Crippen molar-refractivity contribution in [3.8, 4) is 0 Å². The summed E-state index contributed by atoms with van der Waals surface area (Å²) in [7, 11) is 0. The Morgan fingerprint density at radius 3 is 2.59 bits per heavy atom. The highest BCUT2D eigenvalue weighted by Gasteiger charge is 2.11. The van der Waals surface area contributed by atoms with Gasteiger partial charge in [-0.25, -0.2) is 4.98 Å². The van der Waals surface area contributed by atoms with E-state index >= 15 is 0 Å². The van der Waals surface area contributed by atoms with Crippen molar-refractivity contribution in [1.29, 1.82) is 0 Å². The highest BCUT2D eigenvalue weighted by Crippen LogP contribution is 2.24. The fourth-order valence-electron chi connectivity index (χ4n) is 1.85. The molecule has 22 heavy (non-hydrogen) atoms. The van der Waals surface area contributed by atoms with Gasteiger partial charge < -0.3 is 11.1 Å². The Hall–Kier alpha value is -2.34. The fraction of sp³-hybridized carbons (Fsp3) is 0.188. The molecule has 0 saturated heterocycles. The maximum absolute atomic E-state index is 12.0. The average Bonchev–Trinajstić information content (AvgIpc) is 2.54. The van der Waals surface area contributed by atoms with Crippen molar-refractivity contribution in [2.24, 2.45) is 5.73 Å². The Morgan fingerprint density at radius 2 is 1.95 bits per heavy atom. The summed E-state index contributed by atoms with van der Waals surface area (Å²) in [5.41, 5.74) is 7.30. The molecule has 0 aliphatic rings. The van der Waals surface area contributed by atoms with Crippen LogP contribution in [0.25, 0.3) is 0 Å². The Bertz CT molecular complexity index is 671. The lowest BCUT2D eigenvalue weighted by Crippen LogP contribution is -2.23. The number of rotatable bonds is 6. The van der Waals surface area contributed by atoms with Crippen LogP contribution in [0.1, 0.15) is 33.2 Å². The molecule has 5 nitrogen and oxygen atoms in total. The predicted molar refractivity (Wildman–Crippen MR) is 86.8 cm³/mol. The zero-order chi connectivity index (χ0) is 15.9. The minimum atomic E-state index is -0.442. The van der Waals surface area contributed by atoms with E-state index in [1.807, 2.05) is 19.1 Å². The molecule has 0 atom stereocenters. The molecule has 1 heterocycles. The maximum atomic E-state index is 12.0. The van der Waals surface area contributed by atoms with Gasteiger partial charge in [0.2, 0.25) is 5.91 Å². The quantitative estimate of drug-likeness (QED) is 0.800. The third-order valence-electron chi connectivity index (χ3n) is 2.97. The number of thioether (sulfide) groups is 1. The molecule has 114 valence electrons. The fourth-order valence-corrected chi connectivity index (χ4v) is 2.80. The molecule has 0 aliphatic carbocycles. The van der Waals surface area contributed by atoms with E-state index < -0.39 is 5.91 Å². The number of benzene rings is 1. The van der Waals surface area contributed by atoms with Crippen LogP contribution in [0, 0.1) is 0 Å². The van der Waals surface area contributed by atoms with Crippen molar-refractivity contribution in [3.05, 3.63) is 59.3 Å². The Morgan fingerprint density at radius 1 is 1.23 bits per heavy atom. The van der Waals surface area contributed by atoms with Gasteiger partial charge in [0.15, 0.2) is 0 Å². The molecule has 0 bridgehead atoms. The van der Waals surface area contributed by atoms with E-state index in [1.165, 1.54) is 11.8 Å². The summed E-state index contributed by atoms with van der Waals surface area (Å²) in [6.45, 7) is 2.45. The smallest absolute Gasteiger partial charge is 0.254 e. The summed E-state index contributed by atoms with van der Waals surface area (Å²) < 4.78 is 0. The highest BCUT2D eigenvalue weighted by atomic mass is 32.2. The van der Waals surface area contributed by atoms with Crippen LogP contribution < -0.4 is 11.1 Å². The van der Waals surface area contributed by atoms with E-state index in [9.17, 15) is 9.59 Å². The molecule has 0 aliphatic heterocycles. The van der Waals surface area contributed by atoms with Gasteiger partial charge >= 0.3 is 0 Å². The second-order valence-electron chi connectivity index (χ2n) is 4.57. The number of nitrogens with two attached hydrogens (primary N) is 1. The Labute approximate surface area is 133 Å². The third-order valence-corrected chi connectivity index (χ3v) is 4.04. The highest BCUT2D eigenvalue weighted by molar-refractivity contribution is 7.98. The zero-order valence-electron chi connectivity index (χ0n) is 12.2. The number of hydrogen-bond donors (Lipinski definition) is 2. The number of carbonyl (C=O) groups excluding carboxylic acids is 2. The standard InChI is InChI=1S/C16H17N3O2S/c1-2-18-15(21)13-4-3-9-19-16(13)22-10-11-5-7-12(8-6-11)14(17)20/h3-9H,2,10H2,1H3,(H2,17,20)(H,18,21). The normalized spacial score (nSPS) is 10.2. The molecule has 1 aromatic heterocycles. The molecule has 0 saturated carbocycles. The van der Waals surface area contributed by atoms with Crippen molar-refractivity contribution in [2.75, 3.05) is 6.54 Å². The largest absolute Gasteiger partial charge is 0.366 e. The molecule has 2 amide bonds. The summed E-state index contributed by atoms with van der Waals surface area (Å²) in [4.78, 5) is 27.3. The van der Waals surface area contributed by atoms with Crippen LogP contribution in [-0.4, -0.2) is 23.3 Å². The van der Waals surface area contributed by atoms with Crippen LogP contribution in [-0.2, 0) is 5.75 Å². The van der Waals surface area contributed by atoms with Crippen molar-refractivity contribution in [2.45, 2.75) is 17.7 Å². The monoisotopic (exact) mass is 315 g/mol. The van der Waals surface area contributed by atoms with E-state index in [4.69, 9.17) is 5.73 Å². The topological polar surface area (TPSA) is 85.1 Å². The predicted octanol–water partition coefficient (Wildman–Crippen LogP) is 2.22.